The van der Waals surface area contributed by atoms with Gasteiger partial charge in [0.25, 0.3) is 0 Å². The number of benzene rings is 1. The molecule has 1 aromatic carbocycles. The number of hydrogen-bond acceptors (Lipinski definition) is 2. The molecule has 0 saturated heterocycles. The predicted molar refractivity (Wildman–Crippen MR) is 51.0 cm³/mol. The zero-order valence-electron chi connectivity index (χ0n) is 7.76. The highest BCUT2D eigenvalue weighted by Gasteiger charge is 2.22. The van der Waals surface area contributed by atoms with E-state index in [-0.39, 0.29) is 11.6 Å². The molecule has 1 aromatic rings. The van der Waals surface area contributed by atoms with E-state index in [1.807, 2.05) is 6.07 Å². The van der Waals surface area contributed by atoms with Crippen LogP contribution in [0.1, 0.15) is 35.6 Å². The zero-order valence-corrected chi connectivity index (χ0v) is 7.76. The van der Waals surface area contributed by atoms with E-state index in [2.05, 4.69) is 0 Å². The van der Waals surface area contributed by atoms with E-state index < -0.39 is 5.82 Å². The third kappa shape index (κ3) is 1.28. The summed E-state index contributed by atoms with van der Waals surface area (Å²) in [5.41, 5.74) is 7.76. The maximum absolute atomic E-state index is 13.3. The molecular weight excluding hydrogens is 179 g/mol. The Hall–Kier alpha value is -1.40. The Kier molecular flexibility index (Phi) is 2.22. The van der Waals surface area contributed by atoms with Crippen molar-refractivity contribution >= 4 is 0 Å². The fourth-order valence-electron chi connectivity index (χ4n) is 2.05. The molecule has 1 aliphatic rings. The van der Waals surface area contributed by atoms with Crippen molar-refractivity contribution in [1.29, 1.82) is 5.26 Å². The van der Waals surface area contributed by atoms with E-state index in [0.717, 1.165) is 30.4 Å². The smallest absolute Gasteiger partial charge is 0.141 e. The largest absolute Gasteiger partial charge is 0.324 e. The second-order valence-corrected chi connectivity index (χ2v) is 3.61. The van der Waals surface area contributed by atoms with Crippen LogP contribution in [0.25, 0.3) is 0 Å². The van der Waals surface area contributed by atoms with Gasteiger partial charge in [0.2, 0.25) is 0 Å². The molecule has 0 saturated carbocycles. The lowest BCUT2D eigenvalue weighted by Gasteiger charge is -2.23. The summed E-state index contributed by atoms with van der Waals surface area (Å²) >= 11 is 0. The van der Waals surface area contributed by atoms with Gasteiger partial charge in [-0.1, -0.05) is 6.07 Å². The van der Waals surface area contributed by atoms with Crippen molar-refractivity contribution in [2.24, 2.45) is 5.73 Å². The Balaban J connectivity index is 2.65. The second-order valence-electron chi connectivity index (χ2n) is 3.61. The molecule has 14 heavy (non-hydrogen) atoms. The van der Waals surface area contributed by atoms with Gasteiger partial charge >= 0.3 is 0 Å². The number of halogens is 1. The minimum Gasteiger partial charge on any atom is -0.324 e. The van der Waals surface area contributed by atoms with Gasteiger partial charge in [-0.05, 0) is 36.5 Å². The Morgan fingerprint density at radius 3 is 3.00 bits per heavy atom. The molecule has 0 heterocycles. The first-order valence-electron chi connectivity index (χ1n) is 4.71. The van der Waals surface area contributed by atoms with Crippen molar-refractivity contribution < 1.29 is 4.39 Å². The summed E-state index contributed by atoms with van der Waals surface area (Å²) in [5, 5.41) is 8.85. The molecular formula is C11H11FN2. The molecule has 2 nitrogen and oxygen atoms in total. The molecule has 0 fully saturated rings. The predicted octanol–water partition coefficient (Wildman–Crippen LogP) is 2.03. The molecule has 0 aliphatic heterocycles. The van der Waals surface area contributed by atoms with Crippen LogP contribution in [0.15, 0.2) is 12.1 Å². The monoisotopic (exact) mass is 190 g/mol. The van der Waals surface area contributed by atoms with Gasteiger partial charge in [-0.25, -0.2) is 4.39 Å². The van der Waals surface area contributed by atoms with Gasteiger partial charge in [0, 0.05) is 6.04 Å². The Bertz CT molecular complexity index is 406. The number of fused-ring (bicyclic) bond motifs is 1. The maximum atomic E-state index is 13.3. The highest BCUT2D eigenvalue weighted by molar-refractivity contribution is 5.46. The minimum absolute atomic E-state index is 0.134. The molecule has 0 amide bonds. The number of rotatable bonds is 0. The first-order valence-corrected chi connectivity index (χ1v) is 4.71. The summed E-state index contributed by atoms with van der Waals surface area (Å²) in [6.45, 7) is 0. The van der Waals surface area contributed by atoms with Gasteiger partial charge in [0.05, 0.1) is 5.56 Å². The number of nitrogens with zero attached hydrogens (tertiary/aromatic N) is 1. The summed E-state index contributed by atoms with van der Waals surface area (Å²) in [4.78, 5) is 0. The highest BCUT2D eigenvalue weighted by Crippen LogP contribution is 2.31. The van der Waals surface area contributed by atoms with E-state index in [4.69, 9.17) is 11.0 Å². The molecule has 0 aromatic heterocycles. The molecule has 0 radical (unpaired) electrons. The average molecular weight is 190 g/mol. The molecule has 0 unspecified atom stereocenters. The zero-order chi connectivity index (χ0) is 10.1. The third-order valence-electron chi connectivity index (χ3n) is 2.73. The van der Waals surface area contributed by atoms with Crippen LogP contribution >= 0.6 is 0 Å². The van der Waals surface area contributed by atoms with Crippen LogP contribution in [-0.4, -0.2) is 0 Å². The molecule has 2 rings (SSSR count). The van der Waals surface area contributed by atoms with Crippen LogP contribution in [-0.2, 0) is 6.42 Å². The number of aryl methyl sites for hydroxylation is 1. The van der Waals surface area contributed by atoms with Crippen LogP contribution in [0.3, 0.4) is 0 Å². The van der Waals surface area contributed by atoms with E-state index in [1.54, 1.807) is 6.07 Å². The SMILES string of the molecule is N#Cc1c(F)ccc2c1[C@H](N)CCC2. The summed E-state index contributed by atoms with van der Waals surface area (Å²) in [7, 11) is 0. The molecule has 2 N–H and O–H groups in total. The molecule has 0 bridgehead atoms. The Morgan fingerprint density at radius 1 is 1.50 bits per heavy atom. The summed E-state index contributed by atoms with van der Waals surface area (Å²) in [5.74, 6) is -0.455. The van der Waals surface area contributed by atoms with E-state index >= 15 is 0 Å². The van der Waals surface area contributed by atoms with Gasteiger partial charge in [-0.3, -0.25) is 0 Å². The number of nitrogens with two attached hydrogens (primary N) is 1. The van der Waals surface area contributed by atoms with Crippen LogP contribution in [0.5, 0.6) is 0 Å². The first kappa shape index (κ1) is 9.17. The molecule has 3 heteroatoms. The fraction of sp³-hybridized carbons (Fsp3) is 0.364. The normalized spacial score (nSPS) is 19.9. The van der Waals surface area contributed by atoms with Crippen molar-refractivity contribution in [3.63, 3.8) is 0 Å². The maximum Gasteiger partial charge on any atom is 0.141 e. The number of hydrogen-bond donors (Lipinski definition) is 1. The van der Waals surface area contributed by atoms with Gasteiger partial charge in [-0.15, -0.1) is 0 Å². The fourth-order valence-corrected chi connectivity index (χ4v) is 2.05. The lowest BCUT2D eigenvalue weighted by Crippen LogP contribution is -2.19. The highest BCUT2D eigenvalue weighted by atomic mass is 19.1. The minimum atomic E-state index is -0.455. The van der Waals surface area contributed by atoms with E-state index in [0.29, 0.717) is 0 Å². The second kappa shape index (κ2) is 3.39. The van der Waals surface area contributed by atoms with Gasteiger partial charge in [0.15, 0.2) is 0 Å². The third-order valence-corrected chi connectivity index (χ3v) is 2.73. The van der Waals surface area contributed by atoms with Crippen LogP contribution in [0.2, 0.25) is 0 Å². The summed E-state index contributed by atoms with van der Waals surface area (Å²) in [6.07, 6.45) is 2.76. The Labute approximate surface area is 82.1 Å². The van der Waals surface area contributed by atoms with Crippen molar-refractivity contribution in [2.75, 3.05) is 0 Å². The topological polar surface area (TPSA) is 49.8 Å². The van der Waals surface area contributed by atoms with Crippen molar-refractivity contribution in [1.82, 2.24) is 0 Å². The first-order chi connectivity index (χ1) is 6.74. The van der Waals surface area contributed by atoms with Gasteiger partial charge in [0.1, 0.15) is 11.9 Å². The van der Waals surface area contributed by atoms with Gasteiger partial charge in [-0.2, -0.15) is 5.26 Å². The average Bonchev–Trinajstić information content (AvgIpc) is 2.19. The van der Waals surface area contributed by atoms with Crippen LogP contribution in [0.4, 0.5) is 4.39 Å². The van der Waals surface area contributed by atoms with Crippen molar-refractivity contribution in [3.05, 3.63) is 34.6 Å². The summed E-state index contributed by atoms with van der Waals surface area (Å²) < 4.78 is 13.3. The standard InChI is InChI=1S/C11H11FN2/c12-9-5-4-7-2-1-3-10(14)11(7)8(9)6-13/h4-5,10H,1-3,14H2/t10-/m1/s1. The van der Waals surface area contributed by atoms with E-state index in [1.165, 1.54) is 6.07 Å². The molecule has 72 valence electrons. The lowest BCUT2D eigenvalue weighted by molar-refractivity contribution is 0.554. The van der Waals surface area contributed by atoms with Gasteiger partial charge < -0.3 is 5.73 Å². The van der Waals surface area contributed by atoms with Crippen molar-refractivity contribution in [2.45, 2.75) is 25.3 Å². The van der Waals surface area contributed by atoms with E-state index in [9.17, 15) is 4.39 Å². The van der Waals surface area contributed by atoms with Crippen LogP contribution in [0, 0.1) is 17.1 Å². The molecule has 1 atom stereocenters. The van der Waals surface area contributed by atoms with Crippen molar-refractivity contribution in [3.8, 4) is 6.07 Å². The Morgan fingerprint density at radius 2 is 2.29 bits per heavy atom. The van der Waals surface area contributed by atoms with Crippen LogP contribution < -0.4 is 5.73 Å². The summed E-state index contributed by atoms with van der Waals surface area (Å²) in [6, 6.07) is 4.82. The quantitative estimate of drug-likeness (QED) is 0.680. The molecule has 1 aliphatic carbocycles. The molecule has 0 spiro atoms. The lowest BCUT2D eigenvalue weighted by atomic mass is 9.85. The number of nitriles is 1.